The lowest BCUT2D eigenvalue weighted by Gasteiger charge is -2.15. The highest BCUT2D eigenvalue weighted by molar-refractivity contribution is 7.07. The molecule has 0 saturated heterocycles. The lowest BCUT2D eigenvalue weighted by atomic mass is 10.1. The minimum absolute atomic E-state index is 0.204. The third-order valence-corrected chi connectivity index (χ3v) is 2.72. The summed E-state index contributed by atoms with van der Waals surface area (Å²) in [5.74, 6) is 5.50. The minimum Gasteiger partial charge on any atom is -0.398 e. The normalized spacial score (nSPS) is 12.6. The number of anilines is 1. The number of hydrogen-bond donors (Lipinski definition) is 3. The second kappa shape index (κ2) is 4.35. The first kappa shape index (κ1) is 10.0. The summed E-state index contributed by atoms with van der Waals surface area (Å²) in [5.41, 5.74) is 12.6. The molecule has 15 heavy (non-hydrogen) atoms. The number of nitrogen functional groups attached to an aromatic ring is 1. The second-order valence-corrected chi connectivity index (χ2v) is 3.74. The molecule has 2 aromatic rings. The molecule has 2 aromatic heterocycles. The van der Waals surface area contributed by atoms with E-state index in [1.807, 2.05) is 5.38 Å². The summed E-state index contributed by atoms with van der Waals surface area (Å²) in [6, 6.07) is 1.54. The number of rotatable bonds is 3. The molecule has 0 aliphatic rings. The van der Waals surface area contributed by atoms with Crippen LogP contribution in [-0.2, 0) is 0 Å². The fraction of sp³-hybridized carbons (Fsp3) is 0.111. The number of pyridine rings is 1. The molecule has 0 amide bonds. The fourth-order valence-electron chi connectivity index (χ4n) is 1.36. The average molecular weight is 221 g/mol. The SMILES string of the molecule is NNC(c1cscn1)c1cnccc1N. The van der Waals surface area contributed by atoms with Crippen LogP contribution in [0.3, 0.4) is 0 Å². The number of hydrogen-bond acceptors (Lipinski definition) is 6. The van der Waals surface area contributed by atoms with E-state index in [0.717, 1.165) is 11.3 Å². The van der Waals surface area contributed by atoms with E-state index in [-0.39, 0.29) is 6.04 Å². The molecule has 6 heteroatoms. The molecule has 2 rings (SSSR count). The lowest BCUT2D eigenvalue weighted by molar-refractivity contribution is 0.623. The molecule has 5 N–H and O–H groups in total. The Balaban J connectivity index is 2.40. The predicted molar refractivity (Wildman–Crippen MR) is 59.9 cm³/mol. The quantitative estimate of drug-likeness (QED) is 0.523. The summed E-state index contributed by atoms with van der Waals surface area (Å²) in [4.78, 5) is 8.22. The molecule has 5 nitrogen and oxygen atoms in total. The zero-order valence-corrected chi connectivity index (χ0v) is 8.74. The summed E-state index contributed by atoms with van der Waals surface area (Å²) in [7, 11) is 0. The van der Waals surface area contributed by atoms with Crippen LogP contribution in [0, 0.1) is 0 Å². The van der Waals surface area contributed by atoms with Gasteiger partial charge in [-0.15, -0.1) is 11.3 Å². The van der Waals surface area contributed by atoms with E-state index in [1.165, 1.54) is 11.3 Å². The van der Waals surface area contributed by atoms with Gasteiger partial charge in [0, 0.05) is 29.0 Å². The highest BCUT2D eigenvalue weighted by Crippen LogP contribution is 2.24. The van der Waals surface area contributed by atoms with Gasteiger partial charge in [0.15, 0.2) is 0 Å². The van der Waals surface area contributed by atoms with Crippen molar-refractivity contribution in [2.24, 2.45) is 5.84 Å². The van der Waals surface area contributed by atoms with Crippen LogP contribution in [0.2, 0.25) is 0 Å². The first-order valence-corrected chi connectivity index (χ1v) is 5.31. The van der Waals surface area contributed by atoms with Crippen LogP contribution >= 0.6 is 11.3 Å². The maximum absolute atomic E-state index is 5.84. The summed E-state index contributed by atoms with van der Waals surface area (Å²) < 4.78 is 0. The van der Waals surface area contributed by atoms with Crippen LogP contribution in [0.5, 0.6) is 0 Å². The molecule has 2 heterocycles. The largest absolute Gasteiger partial charge is 0.398 e. The lowest BCUT2D eigenvalue weighted by Crippen LogP contribution is -2.29. The van der Waals surface area contributed by atoms with E-state index in [1.54, 1.807) is 24.0 Å². The maximum atomic E-state index is 5.84. The Labute approximate surface area is 91.1 Å². The van der Waals surface area contributed by atoms with Gasteiger partial charge in [0.25, 0.3) is 0 Å². The standard InChI is InChI=1S/C9H11N5S/c10-7-1-2-12-3-6(7)9(14-11)8-4-15-5-13-8/h1-5,9,14H,11H2,(H2,10,12). The molecule has 0 bridgehead atoms. The van der Waals surface area contributed by atoms with Crippen molar-refractivity contribution >= 4 is 17.0 Å². The van der Waals surface area contributed by atoms with Crippen LogP contribution in [-0.4, -0.2) is 9.97 Å². The Hall–Kier alpha value is -1.50. The smallest absolute Gasteiger partial charge is 0.0924 e. The zero-order valence-electron chi connectivity index (χ0n) is 7.92. The van der Waals surface area contributed by atoms with E-state index >= 15 is 0 Å². The molecular weight excluding hydrogens is 210 g/mol. The molecule has 0 fully saturated rings. The Morgan fingerprint density at radius 3 is 2.93 bits per heavy atom. The molecule has 0 spiro atoms. The third kappa shape index (κ3) is 1.96. The number of hydrazine groups is 1. The Morgan fingerprint density at radius 1 is 1.47 bits per heavy atom. The van der Waals surface area contributed by atoms with Gasteiger partial charge in [-0.2, -0.15) is 0 Å². The van der Waals surface area contributed by atoms with Crippen molar-refractivity contribution in [1.29, 1.82) is 0 Å². The van der Waals surface area contributed by atoms with Crippen molar-refractivity contribution in [3.63, 3.8) is 0 Å². The van der Waals surface area contributed by atoms with Crippen molar-refractivity contribution < 1.29 is 0 Å². The number of nitrogens with one attached hydrogen (secondary N) is 1. The van der Waals surface area contributed by atoms with E-state index in [2.05, 4.69) is 15.4 Å². The van der Waals surface area contributed by atoms with Crippen LogP contribution in [0.4, 0.5) is 5.69 Å². The Bertz CT molecular complexity index is 428. The highest BCUT2D eigenvalue weighted by atomic mass is 32.1. The van der Waals surface area contributed by atoms with E-state index in [0.29, 0.717) is 5.69 Å². The number of thiazole rings is 1. The molecule has 1 unspecified atom stereocenters. The van der Waals surface area contributed by atoms with Gasteiger partial charge in [-0.05, 0) is 6.07 Å². The average Bonchev–Trinajstić information content (AvgIpc) is 2.75. The van der Waals surface area contributed by atoms with Gasteiger partial charge in [0.1, 0.15) is 0 Å². The van der Waals surface area contributed by atoms with Gasteiger partial charge in [-0.25, -0.2) is 10.4 Å². The molecule has 78 valence electrons. The van der Waals surface area contributed by atoms with Crippen molar-refractivity contribution in [2.75, 3.05) is 5.73 Å². The van der Waals surface area contributed by atoms with Crippen LogP contribution < -0.4 is 17.0 Å². The minimum atomic E-state index is -0.204. The van der Waals surface area contributed by atoms with Crippen LogP contribution in [0.15, 0.2) is 29.4 Å². The number of nitrogens with zero attached hydrogens (tertiary/aromatic N) is 2. The maximum Gasteiger partial charge on any atom is 0.0924 e. The second-order valence-electron chi connectivity index (χ2n) is 3.02. The van der Waals surface area contributed by atoms with E-state index in [9.17, 15) is 0 Å². The molecule has 0 saturated carbocycles. The van der Waals surface area contributed by atoms with Gasteiger partial charge < -0.3 is 5.73 Å². The van der Waals surface area contributed by atoms with Gasteiger partial charge >= 0.3 is 0 Å². The topological polar surface area (TPSA) is 89.8 Å². The zero-order chi connectivity index (χ0) is 10.7. The number of aromatic nitrogens is 2. The van der Waals surface area contributed by atoms with E-state index < -0.39 is 0 Å². The Kier molecular flexibility index (Phi) is 2.91. The van der Waals surface area contributed by atoms with Crippen molar-refractivity contribution in [2.45, 2.75) is 6.04 Å². The van der Waals surface area contributed by atoms with Crippen LogP contribution in [0.25, 0.3) is 0 Å². The summed E-state index contributed by atoms with van der Waals surface area (Å²) in [5, 5.41) is 1.93. The Morgan fingerprint density at radius 2 is 2.33 bits per heavy atom. The first-order chi connectivity index (χ1) is 7.33. The molecule has 0 aliphatic heterocycles. The van der Waals surface area contributed by atoms with Gasteiger partial charge in [-0.1, -0.05) is 0 Å². The molecule has 0 aliphatic carbocycles. The summed E-state index contributed by atoms with van der Waals surface area (Å²) in [6.45, 7) is 0. The monoisotopic (exact) mass is 221 g/mol. The summed E-state index contributed by atoms with van der Waals surface area (Å²) in [6.07, 6.45) is 3.34. The summed E-state index contributed by atoms with van der Waals surface area (Å²) >= 11 is 1.52. The van der Waals surface area contributed by atoms with Crippen molar-refractivity contribution in [1.82, 2.24) is 15.4 Å². The van der Waals surface area contributed by atoms with Gasteiger partial charge in [-0.3, -0.25) is 10.8 Å². The van der Waals surface area contributed by atoms with Gasteiger partial charge in [0.05, 0.1) is 17.2 Å². The van der Waals surface area contributed by atoms with Crippen molar-refractivity contribution in [3.8, 4) is 0 Å². The molecule has 0 radical (unpaired) electrons. The molecule has 1 atom stereocenters. The fourth-order valence-corrected chi connectivity index (χ4v) is 1.94. The number of nitrogens with two attached hydrogens (primary N) is 2. The first-order valence-electron chi connectivity index (χ1n) is 4.36. The highest BCUT2D eigenvalue weighted by Gasteiger charge is 2.16. The van der Waals surface area contributed by atoms with Crippen LogP contribution in [0.1, 0.15) is 17.3 Å². The molecule has 0 aromatic carbocycles. The molecular formula is C9H11N5S. The van der Waals surface area contributed by atoms with Crippen molar-refractivity contribution in [3.05, 3.63) is 40.6 Å². The predicted octanol–water partition coefficient (Wildman–Crippen LogP) is 0.673. The van der Waals surface area contributed by atoms with Gasteiger partial charge in [0.2, 0.25) is 0 Å². The third-order valence-electron chi connectivity index (χ3n) is 2.11. The van der Waals surface area contributed by atoms with E-state index in [4.69, 9.17) is 11.6 Å².